The van der Waals surface area contributed by atoms with Crippen LogP contribution < -0.4 is 5.32 Å². The van der Waals surface area contributed by atoms with Crippen LogP contribution in [0.4, 0.5) is 5.00 Å². The molecule has 0 radical (unpaired) electrons. The molecule has 120 valence electrons. The molecule has 1 saturated heterocycles. The van der Waals surface area contributed by atoms with Gasteiger partial charge in [0.1, 0.15) is 11.1 Å². The summed E-state index contributed by atoms with van der Waals surface area (Å²) in [7, 11) is 0. The molecule has 0 aromatic carbocycles. The van der Waals surface area contributed by atoms with E-state index in [0.717, 1.165) is 31.5 Å². The molecule has 0 aliphatic carbocycles. The Morgan fingerprint density at radius 2 is 2.48 bits per heavy atom. The van der Waals surface area contributed by atoms with Crippen molar-refractivity contribution in [1.82, 2.24) is 14.7 Å². The summed E-state index contributed by atoms with van der Waals surface area (Å²) in [4.78, 5) is 14.5. The maximum absolute atomic E-state index is 12.3. The van der Waals surface area contributed by atoms with Gasteiger partial charge in [0.05, 0.1) is 24.8 Å². The summed E-state index contributed by atoms with van der Waals surface area (Å²) >= 11 is 1.38. The summed E-state index contributed by atoms with van der Waals surface area (Å²) in [5.41, 5.74) is 1.67. The van der Waals surface area contributed by atoms with Crippen molar-refractivity contribution in [3.63, 3.8) is 0 Å². The van der Waals surface area contributed by atoms with Crippen molar-refractivity contribution < 1.29 is 4.79 Å². The van der Waals surface area contributed by atoms with Crippen LogP contribution in [0, 0.1) is 18.3 Å². The number of thiophene rings is 1. The predicted octanol–water partition coefficient (Wildman–Crippen LogP) is 2.23. The van der Waals surface area contributed by atoms with Gasteiger partial charge in [0, 0.05) is 12.2 Å². The molecular weight excluding hydrogens is 310 g/mol. The van der Waals surface area contributed by atoms with Gasteiger partial charge >= 0.3 is 0 Å². The Hall–Kier alpha value is -2.17. The molecule has 0 bridgehead atoms. The summed E-state index contributed by atoms with van der Waals surface area (Å²) in [6, 6.07) is 4.14. The van der Waals surface area contributed by atoms with Gasteiger partial charge in [0.2, 0.25) is 5.91 Å². The van der Waals surface area contributed by atoms with Gasteiger partial charge in [-0.2, -0.15) is 10.4 Å². The van der Waals surface area contributed by atoms with E-state index in [2.05, 4.69) is 21.4 Å². The highest BCUT2D eigenvalue weighted by molar-refractivity contribution is 7.14. The maximum Gasteiger partial charge on any atom is 0.239 e. The summed E-state index contributed by atoms with van der Waals surface area (Å²) < 4.78 is 1.95. The zero-order valence-electron chi connectivity index (χ0n) is 13.0. The van der Waals surface area contributed by atoms with Gasteiger partial charge in [-0.1, -0.05) is 0 Å². The molecule has 1 aliphatic heterocycles. The molecule has 23 heavy (non-hydrogen) atoms. The zero-order valence-corrected chi connectivity index (χ0v) is 13.8. The highest BCUT2D eigenvalue weighted by atomic mass is 32.1. The number of hydrogen-bond donors (Lipinski definition) is 1. The molecule has 6 nitrogen and oxygen atoms in total. The Morgan fingerprint density at radius 3 is 3.22 bits per heavy atom. The number of nitriles is 1. The van der Waals surface area contributed by atoms with Crippen LogP contribution in [0.25, 0.3) is 0 Å². The molecule has 2 aromatic heterocycles. The number of hydrogen-bond acceptors (Lipinski definition) is 5. The minimum absolute atomic E-state index is 0.0625. The fraction of sp³-hybridized carbons (Fsp3) is 0.438. The van der Waals surface area contributed by atoms with Crippen molar-refractivity contribution in [2.75, 3.05) is 18.4 Å². The minimum atomic E-state index is -0.0625. The van der Waals surface area contributed by atoms with Crippen LogP contribution in [0.2, 0.25) is 0 Å². The number of nitrogens with one attached hydrogen (secondary N) is 1. The molecular formula is C16H19N5OS. The van der Waals surface area contributed by atoms with Crippen LogP contribution in [-0.2, 0) is 11.3 Å². The van der Waals surface area contributed by atoms with Crippen molar-refractivity contribution in [3.05, 3.63) is 35.0 Å². The molecule has 0 saturated carbocycles. The van der Waals surface area contributed by atoms with E-state index in [1.165, 1.54) is 11.3 Å². The summed E-state index contributed by atoms with van der Waals surface area (Å²) in [5, 5.41) is 18.6. The Balaban J connectivity index is 1.58. The second-order valence-electron chi connectivity index (χ2n) is 5.83. The van der Waals surface area contributed by atoms with E-state index in [4.69, 9.17) is 5.26 Å². The van der Waals surface area contributed by atoms with E-state index in [0.29, 0.717) is 23.2 Å². The molecule has 1 atom stereocenters. The first-order valence-electron chi connectivity index (χ1n) is 7.66. The Kier molecular flexibility index (Phi) is 4.74. The lowest BCUT2D eigenvalue weighted by Gasteiger charge is -2.23. The second-order valence-corrected chi connectivity index (χ2v) is 6.75. The summed E-state index contributed by atoms with van der Waals surface area (Å²) in [6.07, 6.45) is 6.06. The normalized spacial score (nSPS) is 18.0. The number of amides is 1. The van der Waals surface area contributed by atoms with E-state index in [-0.39, 0.29) is 5.91 Å². The summed E-state index contributed by atoms with van der Waals surface area (Å²) in [5.74, 6) is -0.0625. The first kappa shape index (κ1) is 15.7. The van der Waals surface area contributed by atoms with E-state index in [9.17, 15) is 4.79 Å². The van der Waals surface area contributed by atoms with Gasteiger partial charge in [-0.05, 0) is 43.3 Å². The topological polar surface area (TPSA) is 74.0 Å². The Bertz CT molecular complexity index is 729. The number of nitrogens with zero attached hydrogens (tertiary/aromatic N) is 4. The average molecular weight is 329 g/mol. The molecule has 1 amide bonds. The number of aromatic nitrogens is 2. The van der Waals surface area contributed by atoms with Gasteiger partial charge in [-0.3, -0.25) is 14.4 Å². The monoisotopic (exact) mass is 329 g/mol. The number of carbonyl (C=O) groups is 1. The molecule has 7 heteroatoms. The highest BCUT2D eigenvalue weighted by Crippen LogP contribution is 2.23. The standard InChI is InChI=1S/C16H19N5OS/c1-12-8-18-21(9-12)10-14-3-2-5-20(14)11-15(22)19-16-13(7-17)4-6-23-16/h4,6,8-9,14H,2-3,5,10-11H2,1H3,(H,19,22). The quantitative estimate of drug-likeness (QED) is 0.913. The Labute approximate surface area is 139 Å². The van der Waals surface area contributed by atoms with Crippen LogP contribution in [-0.4, -0.2) is 39.7 Å². The summed E-state index contributed by atoms with van der Waals surface area (Å²) in [6.45, 7) is 4.11. The SMILES string of the molecule is Cc1cnn(CC2CCCN2CC(=O)Nc2sccc2C#N)c1. The van der Waals surface area contributed by atoms with E-state index in [1.54, 1.807) is 6.07 Å². The average Bonchev–Trinajstić information content (AvgIpc) is 3.23. The van der Waals surface area contributed by atoms with Gasteiger partial charge in [-0.15, -0.1) is 11.3 Å². The molecule has 2 aromatic rings. The fourth-order valence-corrected chi connectivity index (χ4v) is 3.69. The third kappa shape index (κ3) is 3.78. The molecule has 1 fully saturated rings. The zero-order chi connectivity index (χ0) is 16.2. The van der Waals surface area contributed by atoms with Crippen LogP contribution in [0.1, 0.15) is 24.0 Å². The first-order valence-corrected chi connectivity index (χ1v) is 8.54. The van der Waals surface area contributed by atoms with Gasteiger partial charge in [0.15, 0.2) is 0 Å². The van der Waals surface area contributed by atoms with E-state index in [1.807, 2.05) is 29.4 Å². The van der Waals surface area contributed by atoms with Crippen LogP contribution >= 0.6 is 11.3 Å². The lowest BCUT2D eigenvalue weighted by atomic mass is 10.2. The molecule has 1 unspecified atom stereocenters. The fourth-order valence-electron chi connectivity index (χ4n) is 2.94. The number of aryl methyl sites for hydroxylation is 1. The second kappa shape index (κ2) is 6.94. The Morgan fingerprint density at radius 1 is 1.61 bits per heavy atom. The first-order chi connectivity index (χ1) is 11.2. The third-order valence-electron chi connectivity index (χ3n) is 4.04. The number of rotatable bonds is 5. The lowest BCUT2D eigenvalue weighted by molar-refractivity contribution is -0.117. The molecule has 1 aliphatic rings. The molecule has 3 rings (SSSR count). The number of carbonyl (C=O) groups excluding carboxylic acids is 1. The van der Waals surface area contributed by atoms with Crippen LogP contribution in [0.15, 0.2) is 23.8 Å². The van der Waals surface area contributed by atoms with Crippen LogP contribution in [0.3, 0.4) is 0 Å². The van der Waals surface area contributed by atoms with Gasteiger partial charge in [-0.25, -0.2) is 0 Å². The predicted molar refractivity (Wildman–Crippen MR) is 89.2 cm³/mol. The smallest absolute Gasteiger partial charge is 0.239 e. The van der Waals surface area contributed by atoms with Gasteiger partial charge < -0.3 is 5.32 Å². The van der Waals surface area contributed by atoms with Crippen molar-refractivity contribution >= 4 is 22.2 Å². The van der Waals surface area contributed by atoms with Crippen molar-refractivity contribution in [2.45, 2.75) is 32.4 Å². The number of anilines is 1. The van der Waals surface area contributed by atoms with E-state index >= 15 is 0 Å². The van der Waals surface area contributed by atoms with Crippen molar-refractivity contribution in [3.8, 4) is 6.07 Å². The third-order valence-corrected chi connectivity index (χ3v) is 4.87. The van der Waals surface area contributed by atoms with Crippen molar-refractivity contribution in [1.29, 1.82) is 5.26 Å². The molecule has 3 heterocycles. The van der Waals surface area contributed by atoms with Crippen molar-refractivity contribution in [2.24, 2.45) is 0 Å². The van der Waals surface area contributed by atoms with E-state index < -0.39 is 0 Å². The minimum Gasteiger partial charge on any atom is -0.315 e. The maximum atomic E-state index is 12.3. The largest absolute Gasteiger partial charge is 0.315 e. The number of likely N-dealkylation sites (tertiary alicyclic amines) is 1. The highest BCUT2D eigenvalue weighted by Gasteiger charge is 2.27. The molecule has 1 N–H and O–H groups in total. The van der Waals surface area contributed by atoms with Gasteiger partial charge in [0.25, 0.3) is 0 Å². The molecule has 0 spiro atoms. The lowest BCUT2D eigenvalue weighted by Crippen LogP contribution is -2.39. The van der Waals surface area contributed by atoms with Crippen LogP contribution in [0.5, 0.6) is 0 Å².